The van der Waals surface area contributed by atoms with Crippen molar-refractivity contribution in [3.05, 3.63) is 47.5 Å². The molecule has 1 atom stereocenters. The minimum Gasteiger partial charge on any atom is -0.424 e. The summed E-state index contributed by atoms with van der Waals surface area (Å²) >= 11 is 7.39. The Morgan fingerprint density at radius 2 is 1.96 bits per heavy atom. The lowest BCUT2D eigenvalue weighted by atomic mass is 10.2. The number of fused-ring (bicyclic) bond motifs is 3. The van der Waals surface area contributed by atoms with E-state index in [9.17, 15) is 14.4 Å². The van der Waals surface area contributed by atoms with Crippen molar-refractivity contribution in [2.45, 2.75) is 29.5 Å². The van der Waals surface area contributed by atoms with Gasteiger partial charge in [0, 0.05) is 35.4 Å². The van der Waals surface area contributed by atoms with Gasteiger partial charge in [0.15, 0.2) is 4.87 Å². The third-order valence-corrected chi connectivity index (χ3v) is 6.12. The van der Waals surface area contributed by atoms with Crippen molar-refractivity contribution in [1.29, 1.82) is 0 Å². The zero-order valence-corrected chi connectivity index (χ0v) is 15.9. The van der Waals surface area contributed by atoms with E-state index < -0.39 is 10.8 Å². The van der Waals surface area contributed by atoms with Gasteiger partial charge in [0.25, 0.3) is 0 Å². The lowest BCUT2D eigenvalue weighted by Gasteiger charge is -2.28. The van der Waals surface area contributed by atoms with Gasteiger partial charge in [-0.25, -0.2) is 4.79 Å². The Morgan fingerprint density at radius 3 is 2.67 bits per heavy atom. The predicted octanol–water partition coefficient (Wildman–Crippen LogP) is 3.83. The molecule has 2 amide bonds. The molecule has 0 aliphatic carbocycles. The molecule has 2 aromatic carbocycles. The first-order valence-corrected chi connectivity index (χ1v) is 9.50. The molecule has 1 unspecified atom stereocenters. The first-order chi connectivity index (χ1) is 12.9. The maximum atomic E-state index is 13.0. The highest BCUT2D eigenvalue weighted by Gasteiger charge is 2.58. The van der Waals surface area contributed by atoms with E-state index in [0.29, 0.717) is 28.6 Å². The van der Waals surface area contributed by atoms with Crippen molar-refractivity contribution in [2.24, 2.45) is 0 Å². The lowest BCUT2D eigenvalue weighted by molar-refractivity contribution is -0.137. The van der Waals surface area contributed by atoms with Gasteiger partial charge in [-0.05, 0) is 42.5 Å². The number of benzene rings is 2. The number of nitrogens with one attached hydrogen (secondary N) is 1. The van der Waals surface area contributed by atoms with Crippen LogP contribution in [0.15, 0.2) is 47.4 Å². The molecule has 0 bridgehead atoms. The molecule has 1 saturated heterocycles. The SMILES string of the molecule is CC(=O)Nc1ccc(OC(=O)C23CCC(=O)N2c2cc(Cl)ccc2S3)cc1. The largest absolute Gasteiger partial charge is 0.424 e. The zero-order chi connectivity index (χ0) is 19.2. The summed E-state index contributed by atoms with van der Waals surface area (Å²) in [6.07, 6.45) is 0.640. The van der Waals surface area contributed by atoms with E-state index in [2.05, 4.69) is 5.32 Å². The molecule has 8 heteroatoms. The third kappa shape index (κ3) is 3.07. The van der Waals surface area contributed by atoms with Gasteiger partial charge in [-0.3, -0.25) is 14.5 Å². The molecule has 6 nitrogen and oxygen atoms in total. The molecule has 27 heavy (non-hydrogen) atoms. The summed E-state index contributed by atoms with van der Waals surface area (Å²) in [7, 11) is 0. The molecule has 1 N–H and O–H groups in total. The van der Waals surface area contributed by atoms with E-state index in [0.717, 1.165) is 4.90 Å². The second-order valence-corrected chi connectivity index (χ2v) is 8.08. The van der Waals surface area contributed by atoms with Crippen LogP contribution in [-0.2, 0) is 14.4 Å². The van der Waals surface area contributed by atoms with E-state index in [4.69, 9.17) is 16.3 Å². The number of anilines is 2. The monoisotopic (exact) mass is 402 g/mol. The molecule has 0 spiro atoms. The van der Waals surface area contributed by atoms with Gasteiger partial charge in [0.05, 0.1) is 5.69 Å². The number of ether oxygens (including phenoxy) is 1. The van der Waals surface area contributed by atoms with E-state index >= 15 is 0 Å². The first kappa shape index (κ1) is 17.9. The molecule has 4 rings (SSSR count). The smallest absolute Gasteiger partial charge is 0.348 e. The van der Waals surface area contributed by atoms with Crippen LogP contribution in [0.5, 0.6) is 5.75 Å². The minimum atomic E-state index is -1.11. The zero-order valence-electron chi connectivity index (χ0n) is 14.3. The van der Waals surface area contributed by atoms with E-state index in [1.807, 2.05) is 6.07 Å². The number of amides is 2. The maximum Gasteiger partial charge on any atom is 0.348 e. The molecule has 0 aromatic heterocycles. The van der Waals surface area contributed by atoms with Crippen molar-refractivity contribution >= 4 is 52.5 Å². The summed E-state index contributed by atoms with van der Waals surface area (Å²) in [6, 6.07) is 11.7. The molecule has 1 fully saturated rings. The topological polar surface area (TPSA) is 75.7 Å². The fourth-order valence-electron chi connectivity index (χ4n) is 3.29. The third-order valence-electron chi connectivity index (χ3n) is 4.43. The Balaban J connectivity index is 1.60. The molecule has 138 valence electrons. The number of halogens is 1. The fraction of sp³-hybridized carbons (Fsp3) is 0.211. The van der Waals surface area contributed by atoms with Gasteiger partial charge in [-0.1, -0.05) is 23.4 Å². The average molecular weight is 403 g/mol. The van der Waals surface area contributed by atoms with Gasteiger partial charge in [-0.15, -0.1) is 0 Å². The molecule has 2 aliphatic heterocycles. The van der Waals surface area contributed by atoms with Crippen molar-refractivity contribution in [3.8, 4) is 5.75 Å². The van der Waals surface area contributed by atoms with E-state index in [-0.39, 0.29) is 18.2 Å². The van der Waals surface area contributed by atoms with Gasteiger partial charge < -0.3 is 10.1 Å². The molecule has 2 aromatic rings. The highest BCUT2D eigenvalue weighted by molar-refractivity contribution is 8.02. The normalized spacial score (nSPS) is 20.2. The van der Waals surface area contributed by atoms with E-state index in [1.54, 1.807) is 36.4 Å². The number of esters is 1. The molecular weight excluding hydrogens is 388 g/mol. The summed E-state index contributed by atoms with van der Waals surface area (Å²) in [5.74, 6) is -0.464. The highest BCUT2D eigenvalue weighted by Crippen LogP contribution is 2.56. The number of nitrogens with zero attached hydrogens (tertiary/aromatic N) is 1. The standard InChI is InChI=1S/C19H15ClN2O4S/c1-11(23)21-13-3-5-14(6-4-13)26-18(25)19-9-8-17(24)22(19)15-10-12(20)2-7-16(15)27-19/h2-7,10H,8-9H2,1H3,(H,21,23). The number of hydrogen-bond donors (Lipinski definition) is 1. The van der Waals surface area contributed by atoms with Gasteiger partial charge in [0.1, 0.15) is 5.75 Å². The van der Waals surface area contributed by atoms with Crippen LogP contribution in [0, 0.1) is 0 Å². The van der Waals surface area contributed by atoms with Crippen molar-refractivity contribution in [2.75, 3.05) is 10.2 Å². The van der Waals surface area contributed by atoms with Gasteiger partial charge in [-0.2, -0.15) is 0 Å². The Hall–Kier alpha value is -2.51. The molecule has 0 radical (unpaired) electrons. The average Bonchev–Trinajstić information content (AvgIpc) is 3.12. The van der Waals surface area contributed by atoms with Crippen molar-refractivity contribution in [1.82, 2.24) is 0 Å². The second-order valence-electron chi connectivity index (χ2n) is 6.32. The Morgan fingerprint density at radius 1 is 1.22 bits per heavy atom. The Kier molecular flexibility index (Phi) is 4.36. The van der Waals surface area contributed by atoms with Crippen molar-refractivity contribution in [3.63, 3.8) is 0 Å². The number of carbonyl (C=O) groups excluding carboxylic acids is 3. The Bertz CT molecular complexity index is 963. The van der Waals surface area contributed by atoms with Gasteiger partial charge >= 0.3 is 5.97 Å². The number of hydrogen-bond acceptors (Lipinski definition) is 5. The van der Waals surface area contributed by atoms with Crippen LogP contribution in [0.25, 0.3) is 0 Å². The summed E-state index contributed by atoms with van der Waals surface area (Å²) < 4.78 is 5.57. The van der Waals surface area contributed by atoms with Gasteiger partial charge in [0.2, 0.25) is 11.8 Å². The van der Waals surface area contributed by atoms with Crippen LogP contribution in [-0.4, -0.2) is 22.7 Å². The summed E-state index contributed by atoms with van der Waals surface area (Å²) in [5, 5.41) is 3.16. The second kappa shape index (κ2) is 6.58. The molecular formula is C19H15ClN2O4S. The predicted molar refractivity (Wildman–Crippen MR) is 103 cm³/mol. The maximum absolute atomic E-state index is 13.0. The summed E-state index contributed by atoms with van der Waals surface area (Å²) in [5.41, 5.74) is 1.25. The number of carbonyl (C=O) groups is 3. The lowest BCUT2D eigenvalue weighted by Crippen LogP contribution is -2.48. The number of rotatable bonds is 3. The van der Waals surface area contributed by atoms with Crippen LogP contribution in [0.1, 0.15) is 19.8 Å². The summed E-state index contributed by atoms with van der Waals surface area (Å²) in [4.78, 5) is 37.8. The van der Waals surface area contributed by atoms with Crippen LogP contribution in [0.3, 0.4) is 0 Å². The van der Waals surface area contributed by atoms with Crippen LogP contribution >= 0.6 is 23.4 Å². The Labute approximate surface area is 164 Å². The van der Waals surface area contributed by atoms with Crippen molar-refractivity contribution < 1.29 is 19.1 Å². The van der Waals surface area contributed by atoms with Crippen LogP contribution in [0.4, 0.5) is 11.4 Å². The minimum absolute atomic E-state index is 0.124. The summed E-state index contributed by atoms with van der Waals surface area (Å²) in [6.45, 7) is 1.42. The molecule has 2 heterocycles. The van der Waals surface area contributed by atoms with E-state index in [1.165, 1.54) is 23.6 Å². The number of thioether (sulfide) groups is 1. The first-order valence-electron chi connectivity index (χ1n) is 8.31. The highest BCUT2D eigenvalue weighted by atomic mass is 35.5. The molecule has 2 aliphatic rings. The molecule has 0 saturated carbocycles. The quantitative estimate of drug-likeness (QED) is 0.623. The fourth-order valence-corrected chi connectivity index (χ4v) is 4.83. The van der Waals surface area contributed by atoms with Crippen LogP contribution in [0.2, 0.25) is 5.02 Å². The van der Waals surface area contributed by atoms with Crippen LogP contribution < -0.4 is 15.0 Å².